The molecule has 1 atom stereocenters. The zero-order chi connectivity index (χ0) is 14.8. The van der Waals surface area contributed by atoms with Gasteiger partial charge in [0.15, 0.2) is 0 Å². The van der Waals surface area contributed by atoms with Gasteiger partial charge >= 0.3 is 0 Å². The number of rotatable bonds is 4. The summed E-state index contributed by atoms with van der Waals surface area (Å²) in [7, 11) is 4.39. The first kappa shape index (κ1) is 15.5. The molecule has 0 aromatic heterocycles. The lowest BCUT2D eigenvalue weighted by Crippen LogP contribution is -2.56. The van der Waals surface area contributed by atoms with Crippen molar-refractivity contribution in [3.63, 3.8) is 0 Å². The topological polar surface area (TPSA) is 41.3 Å². The molecule has 3 nitrogen and oxygen atoms in total. The summed E-state index contributed by atoms with van der Waals surface area (Å²) in [5.41, 5.74) is 7.25. The SMILES string of the molecule is Cc1ccc(C(NN)C2(N(C)C)CCCCC2)c(C)c1. The average Bonchev–Trinajstić information content (AvgIpc) is 2.43. The lowest BCUT2D eigenvalue weighted by atomic mass is 9.72. The maximum absolute atomic E-state index is 5.99. The smallest absolute Gasteiger partial charge is 0.0646 e. The van der Waals surface area contributed by atoms with Crippen LogP contribution in [0.2, 0.25) is 0 Å². The minimum atomic E-state index is 0.132. The Hall–Kier alpha value is -0.900. The van der Waals surface area contributed by atoms with Gasteiger partial charge in [-0.25, -0.2) is 0 Å². The van der Waals surface area contributed by atoms with Gasteiger partial charge in [0, 0.05) is 5.54 Å². The van der Waals surface area contributed by atoms with Crippen LogP contribution in [0.5, 0.6) is 0 Å². The third kappa shape index (κ3) is 2.76. The fourth-order valence-electron chi connectivity index (χ4n) is 3.84. The van der Waals surface area contributed by atoms with Gasteiger partial charge in [-0.2, -0.15) is 0 Å². The van der Waals surface area contributed by atoms with E-state index in [9.17, 15) is 0 Å². The van der Waals surface area contributed by atoms with Crippen molar-refractivity contribution in [2.45, 2.75) is 57.5 Å². The Labute approximate surface area is 123 Å². The molecular weight excluding hydrogens is 246 g/mol. The average molecular weight is 275 g/mol. The van der Waals surface area contributed by atoms with Crippen molar-refractivity contribution in [3.05, 3.63) is 34.9 Å². The Morgan fingerprint density at radius 2 is 1.80 bits per heavy atom. The van der Waals surface area contributed by atoms with Gasteiger partial charge in [0.1, 0.15) is 0 Å². The number of aryl methyl sites for hydroxylation is 2. The molecular formula is C17H29N3. The van der Waals surface area contributed by atoms with Crippen LogP contribution in [-0.4, -0.2) is 24.5 Å². The predicted molar refractivity (Wildman–Crippen MR) is 85.5 cm³/mol. The summed E-state index contributed by atoms with van der Waals surface area (Å²) in [5.74, 6) is 5.99. The van der Waals surface area contributed by atoms with Crippen molar-refractivity contribution in [1.82, 2.24) is 10.3 Å². The molecule has 1 fully saturated rings. The number of benzene rings is 1. The van der Waals surface area contributed by atoms with Gasteiger partial charge in [-0.15, -0.1) is 0 Å². The van der Waals surface area contributed by atoms with E-state index in [4.69, 9.17) is 5.84 Å². The molecule has 0 bridgehead atoms. The third-order valence-corrected chi connectivity index (χ3v) is 5.05. The molecule has 112 valence electrons. The van der Waals surface area contributed by atoms with Crippen LogP contribution in [0, 0.1) is 13.8 Å². The van der Waals surface area contributed by atoms with Crippen molar-refractivity contribution in [2.75, 3.05) is 14.1 Å². The molecule has 3 heteroatoms. The highest BCUT2D eigenvalue weighted by Crippen LogP contribution is 2.42. The lowest BCUT2D eigenvalue weighted by Gasteiger charge is -2.48. The summed E-state index contributed by atoms with van der Waals surface area (Å²) in [5, 5.41) is 0. The quantitative estimate of drug-likeness (QED) is 0.655. The van der Waals surface area contributed by atoms with Gasteiger partial charge in [-0.3, -0.25) is 11.3 Å². The van der Waals surface area contributed by atoms with E-state index >= 15 is 0 Å². The summed E-state index contributed by atoms with van der Waals surface area (Å²) in [4.78, 5) is 2.38. The molecule has 0 radical (unpaired) electrons. The largest absolute Gasteiger partial charge is 0.302 e. The van der Waals surface area contributed by atoms with Crippen LogP contribution < -0.4 is 11.3 Å². The maximum atomic E-state index is 5.99. The summed E-state index contributed by atoms with van der Waals surface area (Å²) < 4.78 is 0. The Morgan fingerprint density at radius 1 is 1.15 bits per heavy atom. The second-order valence-corrected chi connectivity index (χ2v) is 6.52. The molecule has 2 rings (SSSR count). The van der Waals surface area contributed by atoms with Gasteiger partial charge in [0.05, 0.1) is 6.04 Å². The van der Waals surface area contributed by atoms with Gasteiger partial charge in [0.25, 0.3) is 0 Å². The predicted octanol–water partition coefficient (Wildman–Crippen LogP) is 3.07. The van der Waals surface area contributed by atoms with Crippen LogP contribution in [0.3, 0.4) is 0 Å². The van der Waals surface area contributed by atoms with Crippen molar-refractivity contribution < 1.29 is 0 Å². The molecule has 0 aliphatic heterocycles. The molecule has 1 aliphatic carbocycles. The summed E-state index contributed by atoms with van der Waals surface area (Å²) in [6, 6.07) is 6.89. The molecule has 20 heavy (non-hydrogen) atoms. The zero-order valence-corrected chi connectivity index (χ0v) is 13.4. The minimum Gasteiger partial charge on any atom is -0.302 e. The monoisotopic (exact) mass is 275 g/mol. The Kier molecular flexibility index (Phi) is 4.84. The second kappa shape index (κ2) is 6.25. The van der Waals surface area contributed by atoms with Crippen LogP contribution in [0.15, 0.2) is 18.2 Å². The zero-order valence-electron chi connectivity index (χ0n) is 13.4. The number of nitrogens with one attached hydrogen (secondary N) is 1. The maximum Gasteiger partial charge on any atom is 0.0646 e. The van der Waals surface area contributed by atoms with Gasteiger partial charge < -0.3 is 4.90 Å². The van der Waals surface area contributed by atoms with Gasteiger partial charge in [-0.1, -0.05) is 43.0 Å². The summed E-state index contributed by atoms with van der Waals surface area (Å²) in [6.07, 6.45) is 6.35. The Bertz CT molecular complexity index is 448. The minimum absolute atomic E-state index is 0.132. The number of hydrogen-bond donors (Lipinski definition) is 2. The van der Waals surface area contributed by atoms with Crippen LogP contribution in [-0.2, 0) is 0 Å². The van der Waals surface area contributed by atoms with E-state index in [0.717, 1.165) is 0 Å². The number of hydrogen-bond acceptors (Lipinski definition) is 3. The van der Waals surface area contributed by atoms with Crippen LogP contribution >= 0.6 is 0 Å². The van der Waals surface area contributed by atoms with Crippen molar-refractivity contribution in [1.29, 1.82) is 0 Å². The molecule has 1 aromatic rings. The fraction of sp³-hybridized carbons (Fsp3) is 0.647. The van der Waals surface area contributed by atoms with E-state index in [-0.39, 0.29) is 11.6 Å². The fourth-order valence-corrected chi connectivity index (χ4v) is 3.84. The van der Waals surface area contributed by atoms with E-state index in [2.05, 4.69) is 56.5 Å². The van der Waals surface area contributed by atoms with Crippen molar-refractivity contribution >= 4 is 0 Å². The standard InChI is InChI=1S/C17H29N3/c1-13-8-9-15(14(2)12-13)16(19-18)17(20(3)4)10-6-5-7-11-17/h8-9,12,16,19H,5-7,10-11,18H2,1-4H3. The second-order valence-electron chi connectivity index (χ2n) is 6.52. The molecule has 0 heterocycles. The van der Waals surface area contributed by atoms with E-state index < -0.39 is 0 Å². The van der Waals surface area contributed by atoms with Crippen molar-refractivity contribution in [3.8, 4) is 0 Å². The van der Waals surface area contributed by atoms with Crippen LogP contribution in [0.1, 0.15) is 54.8 Å². The molecule has 3 N–H and O–H groups in total. The van der Waals surface area contributed by atoms with E-state index in [1.165, 1.54) is 48.8 Å². The van der Waals surface area contributed by atoms with E-state index in [1.807, 2.05) is 0 Å². The number of nitrogens with zero attached hydrogens (tertiary/aromatic N) is 1. The number of hydrazine groups is 1. The number of nitrogens with two attached hydrogens (primary N) is 1. The van der Waals surface area contributed by atoms with E-state index in [0.29, 0.717) is 0 Å². The molecule has 1 aliphatic rings. The Morgan fingerprint density at radius 3 is 2.30 bits per heavy atom. The normalized spacial score (nSPS) is 20.1. The first-order valence-corrected chi connectivity index (χ1v) is 7.72. The highest BCUT2D eigenvalue weighted by atomic mass is 15.3. The molecule has 0 amide bonds. The molecule has 1 unspecified atom stereocenters. The van der Waals surface area contributed by atoms with Crippen molar-refractivity contribution in [2.24, 2.45) is 5.84 Å². The Balaban J connectivity index is 2.42. The molecule has 1 saturated carbocycles. The molecule has 0 saturated heterocycles. The highest BCUT2D eigenvalue weighted by Gasteiger charge is 2.42. The summed E-state index contributed by atoms with van der Waals surface area (Å²) in [6.45, 7) is 4.34. The molecule has 0 spiro atoms. The lowest BCUT2D eigenvalue weighted by molar-refractivity contribution is 0.0562. The van der Waals surface area contributed by atoms with Crippen LogP contribution in [0.4, 0.5) is 0 Å². The number of likely N-dealkylation sites (N-methyl/N-ethyl adjacent to an activating group) is 1. The first-order chi connectivity index (χ1) is 9.51. The third-order valence-electron chi connectivity index (χ3n) is 5.05. The molecule has 1 aromatic carbocycles. The first-order valence-electron chi connectivity index (χ1n) is 7.72. The summed E-state index contributed by atoms with van der Waals surface area (Å²) >= 11 is 0. The van der Waals surface area contributed by atoms with Crippen LogP contribution in [0.25, 0.3) is 0 Å². The van der Waals surface area contributed by atoms with Gasteiger partial charge in [0.2, 0.25) is 0 Å². The van der Waals surface area contributed by atoms with E-state index in [1.54, 1.807) is 0 Å². The van der Waals surface area contributed by atoms with Gasteiger partial charge in [-0.05, 0) is 51.9 Å². The highest BCUT2D eigenvalue weighted by molar-refractivity contribution is 5.35.